The number of fused-ring (bicyclic) bond motifs is 5. The van der Waals surface area contributed by atoms with E-state index in [4.69, 9.17) is 9.47 Å². The van der Waals surface area contributed by atoms with Gasteiger partial charge in [0.2, 0.25) is 5.78 Å². The third kappa shape index (κ3) is 3.75. The predicted octanol–water partition coefficient (Wildman–Crippen LogP) is 2.79. The Labute approximate surface area is 216 Å². The van der Waals surface area contributed by atoms with Crippen molar-refractivity contribution in [2.24, 2.45) is 28.6 Å². The lowest BCUT2D eigenvalue weighted by Gasteiger charge is -2.62. The van der Waals surface area contributed by atoms with E-state index in [0.717, 1.165) is 13.5 Å². The predicted molar refractivity (Wildman–Crippen MR) is 130 cm³/mol. The van der Waals surface area contributed by atoms with Gasteiger partial charge in [-0.15, -0.1) is 0 Å². The van der Waals surface area contributed by atoms with Crippen LogP contribution in [0.5, 0.6) is 0 Å². The number of Topliss-reactive ketones (excluding diaryl/α,β-unsaturated/α-hetero) is 1. The number of allylic oxidation sites excluding steroid dienone is 4. The minimum Gasteiger partial charge on any atom is -0.469 e. The van der Waals surface area contributed by atoms with Crippen molar-refractivity contribution < 1.29 is 43.3 Å². The summed E-state index contributed by atoms with van der Waals surface area (Å²) >= 11 is 0. The summed E-state index contributed by atoms with van der Waals surface area (Å²) in [5, 5.41) is 23.5. The molecule has 0 unspecified atom stereocenters. The van der Waals surface area contributed by atoms with Crippen LogP contribution < -0.4 is 0 Å². The van der Waals surface area contributed by atoms with Crippen LogP contribution in [0.4, 0.5) is 4.39 Å². The Morgan fingerprint density at radius 3 is 2.57 bits per heavy atom. The number of carbonyl (C=O) groups excluding carboxylic acids is 4. The second-order valence-corrected chi connectivity index (χ2v) is 11.5. The Bertz CT molecular complexity index is 1070. The Hall–Kier alpha value is -2.39. The summed E-state index contributed by atoms with van der Waals surface area (Å²) < 4.78 is 27.4. The highest BCUT2D eigenvalue weighted by atomic mass is 19.1. The van der Waals surface area contributed by atoms with Gasteiger partial charge in [-0.1, -0.05) is 31.9 Å². The molecule has 4 aliphatic rings. The molecule has 9 heteroatoms. The van der Waals surface area contributed by atoms with E-state index < -0.39 is 70.3 Å². The van der Waals surface area contributed by atoms with Crippen LogP contribution in [-0.2, 0) is 28.7 Å². The molecule has 0 saturated heterocycles. The van der Waals surface area contributed by atoms with Gasteiger partial charge in [-0.05, 0) is 57.1 Å². The molecule has 0 spiro atoms. The number of alkyl halides is 1. The normalized spacial score (nSPS) is 42.2. The first-order chi connectivity index (χ1) is 17.3. The highest BCUT2D eigenvalue weighted by Crippen LogP contribution is 2.70. The van der Waals surface area contributed by atoms with E-state index in [1.807, 2.05) is 6.92 Å². The monoisotopic (exact) mass is 520 g/mol. The van der Waals surface area contributed by atoms with Gasteiger partial charge in [0.15, 0.2) is 18.1 Å². The van der Waals surface area contributed by atoms with Gasteiger partial charge < -0.3 is 19.7 Å². The number of aliphatic hydroxyl groups excluding tert-OH is 1. The number of halogens is 1. The number of esters is 2. The van der Waals surface area contributed by atoms with Crippen molar-refractivity contribution >= 4 is 23.5 Å². The lowest BCUT2D eigenvalue weighted by molar-refractivity contribution is -0.221. The highest BCUT2D eigenvalue weighted by Gasteiger charge is 2.77. The summed E-state index contributed by atoms with van der Waals surface area (Å²) in [6.45, 7) is 4.45. The maximum absolute atomic E-state index is 17.3. The SMILES string of the molecule is CCCCC(=O)OCC(=O)[C@@]1(O)[C@H](C(=O)OC)C[C@H]2[C@@H]3CCC4=CC(=O)C=C[C@]4(C)[C@@]3(F)[C@@H](O)C[C@@]21C. The standard InChI is InChI=1S/C28H37FO8/c1-5-6-7-23(33)37-15-22(32)28(35)20(24(34)36-4)13-19-18-9-8-16-12-17(30)10-11-25(16,2)27(18,29)21(31)14-26(19,28)3/h10-12,18-21,31,35H,5-9,13-15H2,1-4H3/t18-,19-,20-,21-,25-,26-,27-,28-/m0/s1. The van der Waals surface area contributed by atoms with E-state index in [9.17, 15) is 29.4 Å². The Balaban J connectivity index is 1.73. The molecule has 0 aromatic heterocycles. The molecule has 204 valence electrons. The van der Waals surface area contributed by atoms with Crippen molar-refractivity contribution in [3.63, 3.8) is 0 Å². The Kier molecular flexibility index (Phi) is 7.03. The number of hydrogen-bond acceptors (Lipinski definition) is 8. The third-order valence-corrected chi connectivity index (χ3v) is 9.91. The first-order valence-electron chi connectivity index (χ1n) is 13.1. The maximum Gasteiger partial charge on any atom is 0.312 e. The molecule has 2 N–H and O–H groups in total. The molecule has 0 bridgehead atoms. The molecule has 0 aliphatic heterocycles. The average Bonchev–Trinajstić information content (AvgIpc) is 3.09. The van der Waals surface area contributed by atoms with E-state index in [1.54, 1.807) is 13.8 Å². The summed E-state index contributed by atoms with van der Waals surface area (Å²) in [7, 11) is 1.15. The van der Waals surface area contributed by atoms with Crippen LogP contribution in [0.25, 0.3) is 0 Å². The van der Waals surface area contributed by atoms with Crippen molar-refractivity contribution in [2.45, 2.75) is 83.1 Å². The van der Waals surface area contributed by atoms with Crippen molar-refractivity contribution in [3.8, 4) is 0 Å². The minimum atomic E-state index is -2.33. The number of rotatable bonds is 7. The molecule has 4 aliphatic carbocycles. The first kappa shape index (κ1) is 27.6. The lowest BCUT2D eigenvalue weighted by atomic mass is 9.44. The second kappa shape index (κ2) is 9.42. The quantitative estimate of drug-likeness (QED) is 0.491. The van der Waals surface area contributed by atoms with Gasteiger partial charge in [-0.3, -0.25) is 19.2 Å². The van der Waals surface area contributed by atoms with Crippen molar-refractivity contribution in [2.75, 3.05) is 13.7 Å². The van der Waals surface area contributed by atoms with Gasteiger partial charge in [0, 0.05) is 23.2 Å². The maximum atomic E-state index is 17.3. The molecule has 0 amide bonds. The highest BCUT2D eigenvalue weighted by molar-refractivity contribution is 6.01. The fraction of sp³-hybridized carbons (Fsp3) is 0.714. The zero-order valence-electron chi connectivity index (χ0n) is 21.9. The molecule has 0 aromatic rings. The zero-order valence-corrected chi connectivity index (χ0v) is 21.9. The molecule has 0 aromatic carbocycles. The number of methoxy groups -OCH3 is 1. The molecular formula is C28H37FO8. The molecular weight excluding hydrogens is 483 g/mol. The number of ether oxygens (including phenoxy) is 2. The second-order valence-electron chi connectivity index (χ2n) is 11.5. The summed E-state index contributed by atoms with van der Waals surface area (Å²) in [5.74, 6) is -5.25. The van der Waals surface area contributed by atoms with Crippen molar-refractivity contribution in [1.29, 1.82) is 0 Å². The van der Waals surface area contributed by atoms with Gasteiger partial charge >= 0.3 is 11.9 Å². The molecule has 0 radical (unpaired) electrons. The van der Waals surface area contributed by atoms with E-state index in [1.165, 1.54) is 18.2 Å². The van der Waals surface area contributed by atoms with Crippen LogP contribution in [0, 0.1) is 28.6 Å². The number of hydrogen-bond donors (Lipinski definition) is 2. The van der Waals surface area contributed by atoms with Gasteiger partial charge in [0.1, 0.15) is 5.60 Å². The van der Waals surface area contributed by atoms with Crippen LogP contribution >= 0.6 is 0 Å². The van der Waals surface area contributed by atoms with Crippen LogP contribution in [0.15, 0.2) is 23.8 Å². The van der Waals surface area contributed by atoms with E-state index in [-0.39, 0.29) is 31.5 Å². The summed E-state index contributed by atoms with van der Waals surface area (Å²) in [5.41, 5.74) is -6.53. The van der Waals surface area contributed by atoms with Crippen LogP contribution in [0.3, 0.4) is 0 Å². The number of carbonyl (C=O) groups is 4. The van der Waals surface area contributed by atoms with Crippen LogP contribution in [0.1, 0.15) is 65.7 Å². The fourth-order valence-electron chi connectivity index (χ4n) is 7.83. The molecule has 3 fully saturated rings. The van der Waals surface area contributed by atoms with E-state index in [2.05, 4.69) is 0 Å². The fourth-order valence-corrected chi connectivity index (χ4v) is 7.83. The number of ketones is 2. The average molecular weight is 521 g/mol. The molecule has 0 heterocycles. The minimum absolute atomic E-state index is 0.0178. The molecule has 8 atom stereocenters. The van der Waals surface area contributed by atoms with E-state index in [0.29, 0.717) is 18.4 Å². The molecule has 3 saturated carbocycles. The van der Waals surface area contributed by atoms with Crippen LogP contribution in [-0.4, -0.2) is 64.8 Å². The number of aliphatic hydroxyl groups is 2. The summed E-state index contributed by atoms with van der Waals surface area (Å²) in [6, 6.07) is 0. The van der Waals surface area contributed by atoms with Gasteiger partial charge in [-0.25, -0.2) is 4.39 Å². The zero-order chi connectivity index (χ0) is 27.4. The van der Waals surface area contributed by atoms with Gasteiger partial charge in [-0.2, -0.15) is 0 Å². The molecule has 8 nitrogen and oxygen atoms in total. The first-order valence-corrected chi connectivity index (χ1v) is 13.1. The smallest absolute Gasteiger partial charge is 0.312 e. The lowest BCUT2D eigenvalue weighted by Crippen LogP contribution is -2.69. The molecule has 4 rings (SSSR count). The van der Waals surface area contributed by atoms with Crippen molar-refractivity contribution in [1.82, 2.24) is 0 Å². The Morgan fingerprint density at radius 1 is 1.22 bits per heavy atom. The number of unbranched alkanes of at least 4 members (excludes halogenated alkanes) is 1. The largest absolute Gasteiger partial charge is 0.469 e. The Morgan fingerprint density at radius 2 is 1.92 bits per heavy atom. The third-order valence-electron chi connectivity index (χ3n) is 9.91. The van der Waals surface area contributed by atoms with Gasteiger partial charge in [0.05, 0.1) is 19.1 Å². The molecule has 37 heavy (non-hydrogen) atoms. The van der Waals surface area contributed by atoms with Crippen LogP contribution in [0.2, 0.25) is 0 Å². The van der Waals surface area contributed by atoms with Crippen molar-refractivity contribution in [3.05, 3.63) is 23.8 Å². The summed E-state index contributed by atoms with van der Waals surface area (Å²) in [6.07, 6.45) is 4.51. The van der Waals surface area contributed by atoms with Gasteiger partial charge in [0.25, 0.3) is 0 Å². The summed E-state index contributed by atoms with van der Waals surface area (Å²) in [4.78, 5) is 50.5. The van der Waals surface area contributed by atoms with E-state index >= 15 is 4.39 Å². The topological polar surface area (TPSA) is 127 Å².